The Morgan fingerprint density at radius 3 is 1.81 bits per heavy atom. The number of esters is 1. The molecule has 0 spiro atoms. The highest BCUT2D eigenvalue weighted by molar-refractivity contribution is 5.75. The summed E-state index contributed by atoms with van der Waals surface area (Å²) in [5.41, 5.74) is 0. The Hall–Kier alpha value is -0.570. The van der Waals surface area contributed by atoms with E-state index in [-0.39, 0.29) is 18.1 Å². The molecule has 0 aliphatic rings. The molecule has 0 saturated heterocycles. The second-order valence-electron chi connectivity index (χ2n) is 6.34. The summed E-state index contributed by atoms with van der Waals surface area (Å²) in [6.07, 6.45) is 13.4. The second-order valence-corrected chi connectivity index (χ2v) is 6.34. The minimum Gasteiger partial charge on any atom is -0.462 e. The van der Waals surface area contributed by atoms with Gasteiger partial charge in [-0.2, -0.15) is 0 Å². The second kappa shape index (κ2) is 14.4. The first-order valence-electron chi connectivity index (χ1n) is 9.01. The zero-order valence-electron chi connectivity index (χ0n) is 14.7. The van der Waals surface area contributed by atoms with Gasteiger partial charge >= 0.3 is 5.97 Å². The summed E-state index contributed by atoms with van der Waals surface area (Å²) in [5, 5.41) is 3.24. The Labute approximate surface area is 132 Å². The first-order valence-corrected chi connectivity index (χ1v) is 9.01. The van der Waals surface area contributed by atoms with Gasteiger partial charge in [-0.15, -0.1) is 0 Å². The van der Waals surface area contributed by atoms with Crippen molar-refractivity contribution < 1.29 is 9.53 Å². The molecule has 0 fully saturated rings. The number of rotatable bonds is 14. The molecule has 3 heteroatoms. The molecule has 0 aromatic rings. The van der Waals surface area contributed by atoms with Crippen molar-refractivity contribution in [1.82, 2.24) is 5.32 Å². The minimum absolute atomic E-state index is 0.0286. The average Bonchev–Trinajstić information content (AvgIpc) is 2.43. The van der Waals surface area contributed by atoms with Crippen LogP contribution in [0, 0.1) is 0 Å². The molecule has 0 bridgehead atoms. The van der Waals surface area contributed by atoms with Crippen LogP contribution in [0.15, 0.2) is 0 Å². The van der Waals surface area contributed by atoms with Crippen LogP contribution in [0.25, 0.3) is 0 Å². The molecule has 0 saturated carbocycles. The Kier molecular flexibility index (Phi) is 14.0. The summed E-state index contributed by atoms with van der Waals surface area (Å²) < 4.78 is 5.16. The van der Waals surface area contributed by atoms with Crippen LogP contribution in [-0.4, -0.2) is 24.7 Å². The molecule has 3 nitrogen and oxygen atoms in total. The third kappa shape index (κ3) is 14.1. The van der Waals surface area contributed by atoms with Crippen molar-refractivity contribution >= 4 is 5.97 Å². The monoisotopic (exact) mass is 299 g/mol. The van der Waals surface area contributed by atoms with Crippen molar-refractivity contribution in [2.75, 3.05) is 6.54 Å². The van der Waals surface area contributed by atoms with Crippen molar-refractivity contribution in [3.63, 3.8) is 0 Å². The largest absolute Gasteiger partial charge is 0.462 e. The maximum Gasteiger partial charge on any atom is 0.323 e. The molecule has 21 heavy (non-hydrogen) atoms. The van der Waals surface area contributed by atoms with Crippen molar-refractivity contribution in [1.29, 1.82) is 0 Å². The fourth-order valence-corrected chi connectivity index (χ4v) is 2.35. The van der Waals surface area contributed by atoms with E-state index in [2.05, 4.69) is 12.2 Å². The molecule has 0 aliphatic carbocycles. The molecule has 126 valence electrons. The lowest BCUT2D eigenvalue weighted by atomic mass is 10.1. The van der Waals surface area contributed by atoms with E-state index < -0.39 is 0 Å². The molecule has 1 atom stereocenters. The van der Waals surface area contributed by atoms with E-state index in [0.29, 0.717) is 0 Å². The molecule has 0 aromatic heterocycles. The SMILES string of the molecule is CCCCCCCCCCCCN[C@@H](C)C(=O)OC(C)C. The van der Waals surface area contributed by atoms with Gasteiger partial charge in [0.05, 0.1) is 6.10 Å². The molecule has 0 radical (unpaired) electrons. The fraction of sp³-hybridized carbons (Fsp3) is 0.944. The normalized spacial score (nSPS) is 12.6. The van der Waals surface area contributed by atoms with Crippen LogP contribution >= 0.6 is 0 Å². The number of nitrogens with one attached hydrogen (secondary N) is 1. The molecule has 0 aromatic carbocycles. The maximum absolute atomic E-state index is 11.6. The first kappa shape index (κ1) is 20.4. The predicted molar refractivity (Wildman–Crippen MR) is 90.5 cm³/mol. The summed E-state index contributed by atoms with van der Waals surface area (Å²) in [6.45, 7) is 8.81. The van der Waals surface area contributed by atoms with Crippen LogP contribution in [0.1, 0.15) is 91.9 Å². The first-order chi connectivity index (χ1) is 10.1. The molecule has 0 heterocycles. The van der Waals surface area contributed by atoms with Gasteiger partial charge in [0.1, 0.15) is 6.04 Å². The third-order valence-corrected chi connectivity index (χ3v) is 3.69. The smallest absolute Gasteiger partial charge is 0.323 e. The van der Waals surface area contributed by atoms with Crippen LogP contribution in [0.2, 0.25) is 0 Å². The molecular formula is C18H37NO2. The summed E-state index contributed by atoms with van der Waals surface area (Å²) in [5.74, 6) is -0.142. The van der Waals surface area contributed by atoms with E-state index in [1.165, 1.54) is 57.8 Å². The van der Waals surface area contributed by atoms with Crippen LogP contribution in [0.3, 0.4) is 0 Å². The van der Waals surface area contributed by atoms with Crippen LogP contribution in [0.4, 0.5) is 0 Å². The predicted octanol–water partition coefficient (Wildman–Crippen LogP) is 4.84. The van der Waals surface area contributed by atoms with E-state index in [1.807, 2.05) is 20.8 Å². The van der Waals surface area contributed by atoms with Crippen LogP contribution < -0.4 is 5.32 Å². The Morgan fingerprint density at radius 2 is 1.33 bits per heavy atom. The number of ether oxygens (including phenoxy) is 1. The van der Waals surface area contributed by atoms with E-state index in [4.69, 9.17) is 4.74 Å². The van der Waals surface area contributed by atoms with Gasteiger partial charge in [0, 0.05) is 0 Å². The van der Waals surface area contributed by atoms with Crippen molar-refractivity contribution in [2.24, 2.45) is 0 Å². The van der Waals surface area contributed by atoms with Crippen molar-refractivity contribution in [2.45, 2.75) is 104 Å². The zero-order valence-corrected chi connectivity index (χ0v) is 14.7. The standard InChI is InChI=1S/C18H37NO2/c1-5-6-7-8-9-10-11-12-13-14-15-19-17(4)18(20)21-16(2)3/h16-17,19H,5-15H2,1-4H3/t17-/m0/s1. The lowest BCUT2D eigenvalue weighted by Crippen LogP contribution is -2.37. The van der Waals surface area contributed by atoms with Gasteiger partial charge in [-0.1, -0.05) is 64.7 Å². The van der Waals surface area contributed by atoms with Gasteiger partial charge in [0.25, 0.3) is 0 Å². The number of hydrogen-bond donors (Lipinski definition) is 1. The number of hydrogen-bond acceptors (Lipinski definition) is 3. The summed E-state index contributed by atoms with van der Waals surface area (Å²) in [7, 11) is 0. The number of carbonyl (C=O) groups is 1. The number of unbranched alkanes of at least 4 members (excludes halogenated alkanes) is 9. The summed E-state index contributed by atoms with van der Waals surface area (Å²) >= 11 is 0. The lowest BCUT2D eigenvalue weighted by Gasteiger charge is -2.15. The van der Waals surface area contributed by atoms with E-state index in [0.717, 1.165) is 13.0 Å². The van der Waals surface area contributed by atoms with Gasteiger partial charge in [-0.05, 0) is 33.7 Å². The Morgan fingerprint density at radius 1 is 0.857 bits per heavy atom. The van der Waals surface area contributed by atoms with Crippen LogP contribution in [0.5, 0.6) is 0 Å². The zero-order chi connectivity index (χ0) is 15.9. The fourth-order valence-electron chi connectivity index (χ4n) is 2.35. The highest BCUT2D eigenvalue weighted by Gasteiger charge is 2.14. The van der Waals surface area contributed by atoms with Crippen molar-refractivity contribution in [3.05, 3.63) is 0 Å². The Bertz CT molecular complexity index is 241. The van der Waals surface area contributed by atoms with Crippen LogP contribution in [-0.2, 0) is 9.53 Å². The summed E-state index contributed by atoms with van der Waals surface area (Å²) in [6, 6.07) is -0.189. The summed E-state index contributed by atoms with van der Waals surface area (Å²) in [4.78, 5) is 11.6. The highest BCUT2D eigenvalue weighted by atomic mass is 16.5. The third-order valence-electron chi connectivity index (χ3n) is 3.69. The Balaban J connectivity index is 3.26. The number of carbonyl (C=O) groups excluding carboxylic acids is 1. The molecular weight excluding hydrogens is 262 g/mol. The molecule has 0 rings (SSSR count). The highest BCUT2D eigenvalue weighted by Crippen LogP contribution is 2.10. The van der Waals surface area contributed by atoms with Gasteiger partial charge in [-0.25, -0.2) is 0 Å². The average molecular weight is 299 g/mol. The quantitative estimate of drug-likeness (QED) is 0.368. The van der Waals surface area contributed by atoms with Gasteiger partial charge in [0.15, 0.2) is 0 Å². The lowest BCUT2D eigenvalue weighted by molar-refractivity contribution is -0.149. The topological polar surface area (TPSA) is 38.3 Å². The van der Waals surface area contributed by atoms with E-state index in [1.54, 1.807) is 0 Å². The molecule has 1 N–H and O–H groups in total. The molecule has 0 aliphatic heterocycles. The van der Waals surface area contributed by atoms with Gasteiger partial charge in [0.2, 0.25) is 0 Å². The minimum atomic E-state index is -0.189. The van der Waals surface area contributed by atoms with E-state index in [9.17, 15) is 4.79 Å². The molecule has 0 unspecified atom stereocenters. The van der Waals surface area contributed by atoms with Gasteiger partial charge in [-0.3, -0.25) is 4.79 Å². The van der Waals surface area contributed by atoms with E-state index >= 15 is 0 Å². The van der Waals surface area contributed by atoms with Gasteiger partial charge < -0.3 is 10.1 Å². The maximum atomic E-state index is 11.6. The molecule has 0 amide bonds. The van der Waals surface area contributed by atoms with Crippen molar-refractivity contribution in [3.8, 4) is 0 Å².